The van der Waals surface area contributed by atoms with E-state index in [-0.39, 0.29) is 16.8 Å². The van der Waals surface area contributed by atoms with Gasteiger partial charge in [0.05, 0.1) is 18.4 Å². The molecule has 0 aliphatic rings. The molecule has 0 atom stereocenters. The van der Waals surface area contributed by atoms with Gasteiger partial charge in [-0.15, -0.1) is 0 Å². The predicted octanol–water partition coefficient (Wildman–Crippen LogP) is 4.96. The molecule has 0 saturated heterocycles. The van der Waals surface area contributed by atoms with Gasteiger partial charge in [0.15, 0.2) is 0 Å². The maximum Gasteiger partial charge on any atom is 0.405 e. The van der Waals surface area contributed by atoms with E-state index < -0.39 is 30.5 Å². The van der Waals surface area contributed by atoms with Gasteiger partial charge in [-0.2, -0.15) is 13.2 Å². The summed E-state index contributed by atoms with van der Waals surface area (Å²) in [7, 11) is 1.14. The van der Waals surface area contributed by atoms with Gasteiger partial charge in [-0.3, -0.25) is 9.59 Å². The molecular weight excluding hydrogens is 449 g/mol. The largest absolute Gasteiger partial charge is 0.465 e. The number of carbonyl (C=O) groups is 3. The van der Waals surface area contributed by atoms with Crippen LogP contribution in [-0.4, -0.2) is 37.6 Å². The van der Waals surface area contributed by atoms with E-state index in [1.807, 2.05) is 42.5 Å². The summed E-state index contributed by atoms with van der Waals surface area (Å²) in [4.78, 5) is 36.9. The summed E-state index contributed by atoms with van der Waals surface area (Å²) in [6.07, 6.45) is -3.26. The highest BCUT2D eigenvalue weighted by molar-refractivity contribution is 6.09. The van der Waals surface area contributed by atoms with E-state index in [9.17, 15) is 27.6 Å². The van der Waals surface area contributed by atoms with Gasteiger partial charge in [-0.25, -0.2) is 4.79 Å². The van der Waals surface area contributed by atoms with Crippen LogP contribution in [0.1, 0.15) is 33.2 Å². The topological polar surface area (TPSA) is 84.5 Å². The number of amides is 2. The fourth-order valence-corrected chi connectivity index (χ4v) is 3.24. The van der Waals surface area contributed by atoms with Gasteiger partial charge in [0, 0.05) is 11.6 Å². The number of alkyl halides is 3. The van der Waals surface area contributed by atoms with Crippen LogP contribution in [0.2, 0.25) is 0 Å². The number of halogens is 3. The molecule has 0 aliphatic carbocycles. The Kier molecular flexibility index (Phi) is 7.35. The van der Waals surface area contributed by atoms with Crippen molar-refractivity contribution in [3.63, 3.8) is 0 Å². The summed E-state index contributed by atoms with van der Waals surface area (Å²) in [5.41, 5.74) is 1.16. The molecule has 3 aromatic carbocycles. The van der Waals surface area contributed by atoms with Crippen LogP contribution in [0.4, 0.5) is 18.9 Å². The average molecular weight is 470 g/mol. The van der Waals surface area contributed by atoms with Crippen LogP contribution in [0.15, 0.2) is 66.7 Å². The third-order valence-electron chi connectivity index (χ3n) is 4.95. The van der Waals surface area contributed by atoms with E-state index >= 15 is 0 Å². The molecule has 0 heterocycles. The maximum absolute atomic E-state index is 12.7. The number of fused-ring (bicyclic) bond motifs is 1. The quantitative estimate of drug-likeness (QED) is 0.394. The van der Waals surface area contributed by atoms with Crippen molar-refractivity contribution in [2.75, 3.05) is 19.0 Å². The Balaban J connectivity index is 1.85. The standard InChI is InChI=1S/C25H21F3N2O4/c1-15(17-8-7-16-5-3-4-6-18(16)12-17)11-22(31)30-21-13-19(9-10-20(21)24(33)34-2)23(32)29-14-25(26,27)28/h3-13H,14H2,1-2H3,(H,29,32)(H,30,31)/b15-11-. The minimum absolute atomic E-state index is 0.0556. The molecule has 0 aromatic heterocycles. The molecule has 0 bridgehead atoms. The molecule has 3 aromatic rings. The van der Waals surface area contributed by atoms with Crippen LogP contribution >= 0.6 is 0 Å². The molecule has 3 rings (SSSR count). The van der Waals surface area contributed by atoms with Crippen LogP contribution < -0.4 is 10.6 Å². The molecule has 176 valence electrons. The van der Waals surface area contributed by atoms with Crippen LogP contribution in [-0.2, 0) is 9.53 Å². The fourth-order valence-electron chi connectivity index (χ4n) is 3.24. The molecule has 6 nitrogen and oxygen atoms in total. The van der Waals surface area contributed by atoms with E-state index in [0.29, 0.717) is 5.57 Å². The number of rotatable bonds is 6. The highest BCUT2D eigenvalue weighted by Crippen LogP contribution is 2.23. The van der Waals surface area contributed by atoms with Gasteiger partial charge in [-0.1, -0.05) is 36.4 Å². The van der Waals surface area contributed by atoms with E-state index in [2.05, 4.69) is 10.1 Å². The number of anilines is 1. The molecule has 0 aliphatic heterocycles. The van der Waals surface area contributed by atoms with Crippen molar-refractivity contribution in [2.24, 2.45) is 0 Å². The lowest BCUT2D eigenvalue weighted by molar-refractivity contribution is -0.123. The number of carbonyl (C=O) groups excluding carboxylic acids is 3. The summed E-state index contributed by atoms with van der Waals surface area (Å²) in [5.74, 6) is -2.39. The third kappa shape index (κ3) is 6.22. The number of allylic oxidation sites excluding steroid dienone is 1. The van der Waals surface area contributed by atoms with Crippen LogP contribution in [0, 0.1) is 0 Å². The molecule has 0 spiro atoms. The molecule has 9 heteroatoms. The van der Waals surface area contributed by atoms with E-state index in [0.717, 1.165) is 29.5 Å². The zero-order chi connectivity index (χ0) is 24.9. The lowest BCUT2D eigenvalue weighted by Crippen LogP contribution is -2.33. The summed E-state index contributed by atoms with van der Waals surface area (Å²) in [6, 6.07) is 17.0. The highest BCUT2D eigenvalue weighted by Gasteiger charge is 2.28. The van der Waals surface area contributed by atoms with Gasteiger partial charge < -0.3 is 15.4 Å². The summed E-state index contributed by atoms with van der Waals surface area (Å²) >= 11 is 0. The molecule has 0 unspecified atom stereocenters. The Labute approximate surface area is 193 Å². The average Bonchev–Trinajstić information content (AvgIpc) is 2.81. The highest BCUT2D eigenvalue weighted by atomic mass is 19.4. The first-order chi connectivity index (χ1) is 16.1. The maximum atomic E-state index is 12.7. The number of nitrogens with one attached hydrogen (secondary N) is 2. The lowest BCUT2D eigenvalue weighted by Gasteiger charge is -2.12. The number of ether oxygens (including phenoxy) is 1. The van der Waals surface area contributed by atoms with Gasteiger partial charge in [-0.05, 0) is 53.1 Å². The Hall–Kier alpha value is -4.14. The Bertz CT molecular complexity index is 1280. The Morgan fingerprint density at radius 2 is 1.62 bits per heavy atom. The molecule has 0 fully saturated rings. The van der Waals surface area contributed by atoms with Gasteiger partial charge >= 0.3 is 12.1 Å². The van der Waals surface area contributed by atoms with Crippen LogP contribution in [0.25, 0.3) is 16.3 Å². The zero-order valence-electron chi connectivity index (χ0n) is 18.3. The third-order valence-corrected chi connectivity index (χ3v) is 4.95. The molecule has 34 heavy (non-hydrogen) atoms. The second-order valence-corrected chi connectivity index (χ2v) is 7.43. The first kappa shape index (κ1) is 24.5. The number of hydrogen-bond donors (Lipinski definition) is 2. The Morgan fingerprint density at radius 1 is 0.941 bits per heavy atom. The monoisotopic (exact) mass is 470 g/mol. The van der Waals surface area contributed by atoms with Crippen molar-refractivity contribution in [1.82, 2.24) is 5.32 Å². The molecule has 0 radical (unpaired) electrons. The SMILES string of the molecule is COC(=O)c1ccc(C(=O)NCC(F)(F)F)cc1NC(=O)/C=C(/C)c1ccc2ccccc2c1. The van der Waals surface area contributed by atoms with Crippen molar-refractivity contribution in [3.8, 4) is 0 Å². The molecule has 2 amide bonds. The number of esters is 1. The Morgan fingerprint density at radius 3 is 2.29 bits per heavy atom. The predicted molar refractivity (Wildman–Crippen MR) is 122 cm³/mol. The minimum Gasteiger partial charge on any atom is -0.465 e. The van der Waals surface area contributed by atoms with Gasteiger partial charge in [0.25, 0.3) is 5.91 Å². The van der Waals surface area contributed by atoms with Crippen molar-refractivity contribution in [1.29, 1.82) is 0 Å². The second kappa shape index (κ2) is 10.2. The number of hydrogen-bond acceptors (Lipinski definition) is 4. The van der Waals surface area contributed by atoms with Gasteiger partial charge in [0.2, 0.25) is 5.91 Å². The van der Waals surface area contributed by atoms with Gasteiger partial charge in [0.1, 0.15) is 6.54 Å². The van der Waals surface area contributed by atoms with E-state index in [4.69, 9.17) is 0 Å². The first-order valence-electron chi connectivity index (χ1n) is 10.1. The van der Waals surface area contributed by atoms with Crippen molar-refractivity contribution >= 4 is 39.8 Å². The summed E-state index contributed by atoms with van der Waals surface area (Å²) in [5, 5.41) is 6.31. The van der Waals surface area contributed by atoms with Crippen LogP contribution in [0.3, 0.4) is 0 Å². The molecular formula is C25H21F3N2O4. The number of benzene rings is 3. The summed E-state index contributed by atoms with van der Waals surface area (Å²) < 4.78 is 41.9. The van der Waals surface area contributed by atoms with Crippen molar-refractivity contribution < 1.29 is 32.3 Å². The second-order valence-electron chi connectivity index (χ2n) is 7.43. The summed E-state index contributed by atoms with van der Waals surface area (Å²) in [6.45, 7) is 0.228. The zero-order valence-corrected chi connectivity index (χ0v) is 18.3. The fraction of sp³-hybridized carbons (Fsp3) is 0.160. The van der Waals surface area contributed by atoms with Crippen molar-refractivity contribution in [3.05, 3.63) is 83.4 Å². The first-order valence-corrected chi connectivity index (χ1v) is 10.1. The minimum atomic E-state index is -4.58. The normalized spacial score (nSPS) is 11.7. The smallest absolute Gasteiger partial charge is 0.405 e. The molecule has 0 saturated carbocycles. The van der Waals surface area contributed by atoms with E-state index in [1.165, 1.54) is 18.2 Å². The molecule has 2 N–H and O–H groups in total. The lowest BCUT2D eigenvalue weighted by atomic mass is 10.0. The van der Waals surface area contributed by atoms with Crippen LogP contribution in [0.5, 0.6) is 0 Å². The van der Waals surface area contributed by atoms with E-state index in [1.54, 1.807) is 12.2 Å². The number of methoxy groups -OCH3 is 1. The van der Waals surface area contributed by atoms with Crippen molar-refractivity contribution in [2.45, 2.75) is 13.1 Å².